The van der Waals surface area contributed by atoms with Gasteiger partial charge in [0.15, 0.2) is 0 Å². The van der Waals surface area contributed by atoms with Crippen molar-refractivity contribution in [3.8, 4) is 5.75 Å². The monoisotopic (exact) mass is 253 g/mol. The lowest BCUT2D eigenvalue weighted by Crippen LogP contribution is -2.09. The van der Waals surface area contributed by atoms with Crippen LogP contribution >= 0.6 is 11.6 Å². The Morgan fingerprint density at radius 3 is 2.65 bits per heavy atom. The standard InChI is InChI=1S/C12H16ClN3O/c1-9(2)10-6-5-7-11(12(10)17-4)16(14-3)15-8-13/h5-9H,3H2,1-2,4H3/b15-8-. The van der Waals surface area contributed by atoms with E-state index in [4.69, 9.17) is 16.3 Å². The van der Waals surface area contributed by atoms with E-state index in [0.717, 1.165) is 17.0 Å². The van der Waals surface area contributed by atoms with Gasteiger partial charge >= 0.3 is 0 Å². The van der Waals surface area contributed by atoms with Crippen LogP contribution in [0.1, 0.15) is 25.3 Å². The van der Waals surface area contributed by atoms with Gasteiger partial charge in [-0.05, 0) is 17.5 Å². The molecule has 0 amide bonds. The third-order valence-corrected chi connectivity index (χ3v) is 2.44. The van der Waals surface area contributed by atoms with Gasteiger partial charge in [0.2, 0.25) is 0 Å². The van der Waals surface area contributed by atoms with Crippen LogP contribution in [0.2, 0.25) is 0 Å². The van der Waals surface area contributed by atoms with Crippen molar-refractivity contribution in [2.24, 2.45) is 10.2 Å². The minimum absolute atomic E-state index is 0.344. The van der Waals surface area contributed by atoms with Gasteiger partial charge in [0.1, 0.15) is 17.1 Å². The summed E-state index contributed by atoms with van der Waals surface area (Å²) in [6.07, 6.45) is 0. The van der Waals surface area contributed by atoms with Crippen molar-refractivity contribution in [1.82, 2.24) is 0 Å². The number of methoxy groups -OCH3 is 1. The zero-order valence-corrected chi connectivity index (χ0v) is 11.0. The van der Waals surface area contributed by atoms with Crippen LogP contribution in [0.25, 0.3) is 0 Å². The Kier molecular flexibility index (Phi) is 4.97. The summed E-state index contributed by atoms with van der Waals surface area (Å²) in [5, 5.41) is 9.00. The number of ether oxygens (including phenoxy) is 1. The molecule has 1 rings (SSSR count). The summed E-state index contributed by atoms with van der Waals surface area (Å²) in [5.74, 6) is 1.08. The van der Waals surface area contributed by atoms with Crippen LogP contribution in [0, 0.1) is 0 Å². The van der Waals surface area contributed by atoms with Gasteiger partial charge in [0.05, 0.1) is 7.11 Å². The number of hydrogen-bond donors (Lipinski definition) is 0. The van der Waals surface area contributed by atoms with Gasteiger partial charge in [-0.1, -0.05) is 37.6 Å². The van der Waals surface area contributed by atoms with Gasteiger partial charge < -0.3 is 4.74 Å². The van der Waals surface area contributed by atoms with Gasteiger partial charge in [-0.15, -0.1) is 10.2 Å². The van der Waals surface area contributed by atoms with E-state index in [0.29, 0.717) is 11.6 Å². The Balaban J connectivity index is 3.32. The average molecular weight is 254 g/mol. The summed E-state index contributed by atoms with van der Waals surface area (Å²) in [5.41, 5.74) is 2.94. The maximum Gasteiger partial charge on any atom is 0.149 e. The SMILES string of the molecule is C=NN(/N=C\Cl)c1cccc(C(C)C)c1OC. The number of halogens is 1. The second-order valence-corrected chi connectivity index (χ2v) is 3.89. The first-order valence-corrected chi connectivity index (χ1v) is 5.65. The molecule has 92 valence electrons. The highest BCUT2D eigenvalue weighted by Crippen LogP contribution is 2.36. The van der Waals surface area contributed by atoms with E-state index >= 15 is 0 Å². The van der Waals surface area contributed by atoms with E-state index in [1.54, 1.807) is 7.11 Å². The predicted molar refractivity (Wildman–Crippen MR) is 73.5 cm³/mol. The largest absolute Gasteiger partial charge is 0.494 e. The summed E-state index contributed by atoms with van der Waals surface area (Å²) < 4.78 is 5.42. The Morgan fingerprint density at radius 2 is 2.18 bits per heavy atom. The number of benzene rings is 1. The quantitative estimate of drug-likeness (QED) is 0.596. The number of nitrogens with zero attached hydrogens (tertiary/aromatic N) is 3. The molecule has 0 unspecified atom stereocenters. The van der Waals surface area contributed by atoms with E-state index in [1.807, 2.05) is 18.2 Å². The maximum absolute atomic E-state index is 5.46. The first kappa shape index (κ1) is 13.5. The fourth-order valence-corrected chi connectivity index (χ4v) is 1.68. The lowest BCUT2D eigenvalue weighted by molar-refractivity contribution is 0.407. The lowest BCUT2D eigenvalue weighted by atomic mass is 10.0. The number of anilines is 1. The number of hydrogen-bond acceptors (Lipinski definition) is 4. The minimum atomic E-state index is 0.344. The molecule has 1 aromatic rings. The minimum Gasteiger partial charge on any atom is -0.494 e. The van der Waals surface area contributed by atoms with E-state index in [1.165, 1.54) is 5.12 Å². The molecule has 0 aromatic heterocycles. The molecule has 0 bridgehead atoms. The van der Waals surface area contributed by atoms with Crippen LogP contribution in [-0.2, 0) is 0 Å². The first-order valence-electron chi connectivity index (χ1n) is 5.22. The molecule has 0 saturated heterocycles. The molecular weight excluding hydrogens is 238 g/mol. The second kappa shape index (κ2) is 6.25. The Morgan fingerprint density at radius 1 is 1.47 bits per heavy atom. The van der Waals surface area contributed by atoms with Crippen LogP contribution in [0.5, 0.6) is 5.75 Å². The fraction of sp³-hybridized carbons (Fsp3) is 0.333. The molecule has 1 aromatic carbocycles. The van der Waals surface area contributed by atoms with Crippen molar-refractivity contribution in [2.75, 3.05) is 12.2 Å². The van der Waals surface area contributed by atoms with Gasteiger partial charge in [-0.3, -0.25) is 0 Å². The van der Waals surface area contributed by atoms with E-state index in [2.05, 4.69) is 30.8 Å². The molecule has 0 N–H and O–H groups in total. The zero-order valence-electron chi connectivity index (χ0n) is 10.2. The van der Waals surface area contributed by atoms with Gasteiger partial charge in [-0.25, -0.2) is 0 Å². The molecule has 0 aliphatic carbocycles. The highest BCUT2D eigenvalue weighted by Gasteiger charge is 2.15. The van der Waals surface area contributed by atoms with E-state index in [9.17, 15) is 0 Å². The second-order valence-electron chi connectivity index (χ2n) is 3.70. The third-order valence-electron chi connectivity index (χ3n) is 2.35. The normalized spacial score (nSPS) is 10.9. The van der Waals surface area contributed by atoms with Crippen molar-refractivity contribution >= 4 is 29.7 Å². The molecule has 0 fully saturated rings. The highest BCUT2D eigenvalue weighted by molar-refractivity contribution is 6.56. The van der Waals surface area contributed by atoms with Crippen LogP contribution < -0.4 is 9.85 Å². The summed E-state index contributed by atoms with van der Waals surface area (Å²) in [7, 11) is 1.62. The molecule has 0 saturated carbocycles. The summed E-state index contributed by atoms with van der Waals surface area (Å²) in [6.45, 7) is 7.64. The third kappa shape index (κ3) is 2.97. The van der Waals surface area contributed by atoms with Crippen molar-refractivity contribution < 1.29 is 4.74 Å². The Hall–Kier alpha value is -1.55. The van der Waals surface area contributed by atoms with Crippen molar-refractivity contribution in [2.45, 2.75) is 19.8 Å². The fourth-order valence-electron chi connectivity index (χ4n) is 1.59. The summed E-state index contributed by atoms with van der Waals surface area (Å²) in [6, 6.07) is 5.79. The van der Waals surface area contributed by atoms with Crippen LogP contribution in [0.4, 0.5) is 5.69 Å². The molecule has 0 atom stereocenters. The van der Waals surface area contributed by atoms with Crippen LogP contribution in [0.3, 0.4) is 0 Å². The molecule has 5 heteroatoms. The Labute approximate surface area is 107 Å². The summed E-state index contributed by atoms with van der Waals surface area (Å²) in [4.78, 5) is 0. The molecule has 0 radical (unpaired) electrons. The van der Waals surface area contributed by atoms with E-state index in [-0.39, 0.29) is 0 Å². The number of para-hydroxylation sites is 1. The van der Waals surface area contributed by atoms with Gasteiger partial charge in [0.25, 0.3) is 0 Å². The van der Waals surface area contributed by atoms with Crippen molar-refractivity contribution in [1.29, 1.82) is 0 Å². The maximum atomic E-state index is 5.46. The summed E-state index contributed by atoms with van der Waals surface area (Å²) >= 11 is 5.46. The number of rotatable bonds is 5. The van der Waals surface area contributed by atoms with E-state index < -0.39 is 0 Å². The smallest absolute Gasteiger partial charge is 0.149 e. The number of hydrazone groups is 2. The predicted octanol–water partition coefficient (Wildman–Crippen LogP) is 3.42. The van der Waals surface area contributed by atoms with Crippen LogP contribution in [0.15, 0.2) is 28.4 Å². The topological polar surface area (TPSA) is 37.2 Å². The van der Waals surface area contributed by atoms with Crippen molar-refractivity contribution in [3.05, 3.63) is 23.8 Å². The average Bonchev–Trinajstić information content (AvgIpc) is 2.34. The van der Waals surface area contributed by atoms with Crippen molar-refractivity contribution in [3.63, 3.8) is 0 Å². The lowest BCUT2D eigenvalue weighted by Gasteiger charge is -2.19. The molecule has 0 spiro atoms. The molecule has 17 heavy (non-hydrogen) atoms. The van der Waals surface area contributed by atoms with Gasteiger partial charge in [0, 0.05) is 6.72 Å². The highest BCUT2D eigenvalue weighted by atomic mass is 35.5. The molecular formula is C12H16ClN3O. The van der Waals surface area contributed by atoms with Gasteiger partial charge in [-0.2, -0.15) is 5.10 Å². The first-order chi connectivity index (χ1) is 8.15. The zero-order chi connectivity index (χ0) is 12.8. The molecule has 4 nitrogen and oxygen atoms in total. The molecule has 0 aliphatic heterocycles. The Bertz CT molecular complexity index is 418. The van der Waals surface area contributed by atoms with Crippen LogP contribution in [-0.4, -0.2) is 19.5 Å². The molecule has 0 heterocycles. The molecule has 0 aliphatic rings.